The van der Waals surface area contributed by atoms with Gasteiger partial charge in [0.25, 0.3) is 0 Å². The van der Waals surface area contributed by atoms with E-state index in [1.807, 2.05) is 50.2 Å². The van der Waals surface area contributed by atoms with Crippen LogP contribution in [-0.2, 0) is 7.05 Å². The molecule has 0 saturated heterocycles. The van der Waals surface area contributed by atoms with Gasteiger partial charge >= 0.3 is 0 Å². The Morgan fingerprint density at radius 2 is 1.92 bits per heavy atom. The molecule has 116 valence electrons. The first-order valence-corrected chi connectivity index (χ1v) is 7.54. The third-order valence-corrected chi connectivity index (χ3v) is 4.15. The topological polar surface area (TPSA) is 76.7 Å². The van der Waals surface area contributed by atoms with Crippen LogP contribution in [0.5, 0.6) is 0 Å². The first-order chi connectivity index (χ1) is 11.8. The second-order valence-corrected chi connectivity index (χ2v) is 5.71. The van der Waals surface area contributed by atoms with Gasteiger partial charge in [0.2, 0.25) is 0 Å². The van der Waals surface area contributed by atoms with Crippen molar-refractivity contribution in [3.8, 4) is 22.3 Å². The van der Waals surface area contributed by atoms with Gasteiger partial charge in [-0.05, 0) is 18.2 Å². The van der Waals surface area contributed by atoms with Gasteiger partial charge in [0.1, 0.15) is 12.0 Å². The summed E-state index contributed by atoms with van der Waals surface area (Å²) in [6.45, 7) is 0. The molecule has 7 nitrogen and oxygen atoms in total. The lowest BCUT2D eigenvalue weighted by Crippen LogP contribution is -1.88. The van der Waals surface area contributed by atoms with E-state index in [0.29, 0.717) is 0 Å². The summed E-state index contributed by atoms with van der Waals surface area (Å²) in [5.74, 6) is 0. The van der Waals surface area contributed by atoms with Gasteiger partial charge in [0, 0.05) is 59.5 Å². The van der Waals surface area contributed by atoms with Gasteiger partial charge in [-0.2, -0.15) is 10.2 Å². The van der Waals surface area contributed by atoms with Crippen LogP contribution in [0.15, 0.2) is 55.5 Å². The molecule has 5 aromatic heterocycles. The molecule has 0 amide bonds. The summed E-state index contributed by atoms with van der Waals surface area (Å²) < 4.78 is 3.56. The number of rotatable bonds is 2. The number of nitrogens with zero attached hydrogens (tertiary/aromatic N) is 6. The van der Waals surface area contributed by atoms with E-state index >= 15 is 0 Å². The van der Waals surface area contributed by atoms with Crippen molar-refractivity contribution in [2.75, 3.05) is 0 Å². The van der Waals surface area contributed by atoms with Gasteiger partial charge in [-0.25, -0.2) is 14.5 Å². The summed E-state index contributed by atoms with van der Waals surface area (Å²) in [5.41, 5.74) is 5.91. The molecule has 0 aromatic carbocycles. The number of pyridine rings is 2. The smallest absolute Gasteiger partial charge is 0.155 e. The van der Waals surface area contributed by atoms with Crippen LogP contribution in [0.4, 0.5) is 0 Å². The van der Waals surface area contributed by atoms with Crippen LogP contribution < -0.4 is 0 Å². The zero-order valence-electron chi connectivity index (χ0n) is 12.9. The summed E-state index contributed by atoms with van der Waals surface area (Å²) in [4.78, 5) is 12.0. The maximum atomic E-state index is 4.54. The summed E-state index contributed by atoms with van der Waals surface area (Å²) in [7, 11) is 1.91. The number of nitrogens with one attached hydrogen (secondary N) is 1. The minimum Gasteiger partial charge on any atom is -0.346 e. The summed E-state index contributed by atoms with van der Waals surface area (Å²) in [6, 6.07) is 6.14. The molecule has 5 heterocycles. The van der Waals surface area contributed by atoms with Crippen molar-refractivity contribution >= 4 is 16.7 Å². The van der Waals surface area contributed by atoms with E-state index in [-0.39, 0.29) is 0 Å². The third-order valence-electron chi connectivity index (χ3n) is 4.15. The van der Waals surface area contributed by atoms with Crippen molar-refractivity contribution in [2.45, 2.75) is 0 Å². The van der Waals surface area contributed by atoms with E-state index in [2.05, 4.69) is 31.2 Å². The van der Waals surface area contributed by atoms with E-state index < -0.39 is 0 Å². The van der Waals surface area contributed by atoms with Crippen LogP contribution in [0.3, 0.4) is 0 Å². The predicted molar refractivity (Wildman–Crippen MR) is 90.3 cm³/mol. The Balaban J connectivity index is 1.70. The van der Waals surface area contributed by atoms with Gasteiger partial charge in [-0.15, -0.1) is 0 Å². The van der Waals surface area contributed by atoms with E-state index in [0.717, 1.165) is 38.9 Å². The number of aryl methyl sites for hydroxylation is 1. The average molecular weight is 315 g/mol. The van der Waals surface area contributed by atoms with E-state index in [1.54, 1.807) is 15.5 Å². The normalized spacial score (nSPS) is 11.5. The Labute approximate surface area is 136 Å². The molecule has 0 unspecified atom stereocenters. The monoisotopic (exact) mass is 315 g/mol. The molecule has 0 fully saturated rings. The molecule has 7 heteroatoms. The molecule has 0 aliphatic rings. The second kappa shape index (κ2) is 4.76. The fourth-order valence-electron chi connectivity index (χ4n) is 2.95. The summed E-state index contributed by atoms with van der Waals surface area (Å²) in [6.07, 6.45) is 11.2. The zero-order valence-corrected chi connectivity index (χ0v) is 12.9. The van der Waals surface area contributed by atoms with Gasteiger partial charge in [0.05, 0.1) is 6.20 Å². The Morgan fingerprint density at radius 3 is 2.79 bits per heavy atom. The Hall–Kier alpha value is -3.48. The molecule has 24 heavy (non-hydrogen) atoms. The van der Waals surface area contributed by atoms with Gasteiger partial charge in [-0.3, -0.25) is 4.68 Å². The molecular formula is C17H13N7. The largest absolute Gasteiger partial charge is 0.346 e. The fraction of sp³-hybridized carbons (Fsp3) is 0.0588. The van der Waals surface area contributed by atoms with Crippen molar-refractivity contribution in [3.05, 3.63) is 55.5 Å². The lowest BCUT2D eigenvalue weighted by atomic mass is 10.1. The lowest BCUT2D eigenvalue weighted by Gasteiger charge is -2.02. The minimum absolute atomic E-state index is 0.827. The second-order valence-electron chi connectivity index (χ2n) is 5.71. The fourth-order valence-corrected chi connectivity index (χ4v) is 2.95. The van der Waals surface area contributed by atoms with Crippen molar-refractivity contribution in [1.29, 1.82) is 0 Å². The van der Waals surface area contributed by atoms with Crippen molar-refractivity contribution < 1.29 is 0 Å². The SMILES string of the molecule is Cn1cc(-c2cnc3[nH]cc(-c4ccc5ncnn5c4)c3c2)cn1. The number of hydrogen-bond donors (Lipinski definition) is 1. The van der Waals surface area contributed by atoms with Crippen molar-refractivity contribution in [3.63, 3.8) is 0 Å². The Kier molecular flexibility index (Phi) is 2.58. The van der Waals surface area contributed by atoms with Crippen LogP contribution in [0, 0.1) is 0 Å². The molecule has 0 radical (unpaired) electrons. The van der Waals surface area contributed by atoms with Crippen LogP contribution >= 0.6 is 0 Å². The highest BCUT2D eigenvalue weighted by Crippen LogP contribution is 2.30. The number of fused-ring (bicyclic) bond motifs is 2. The molecule has 5 aromatic rings. The molecule has 0 saturated carbocycles. The number of hydrogen-bond acceptors (Lipinski definition) is 4. The van der Waals surface area contributed by atoms with Gasteiger partial charge in [0.15, 0.2) is 5.65 Å². The molecule has 0 aliphatic heterocycles. The highest BCUT2D eigenvalue weighted by Gasteiger charge is 2.11. The molecule has 0 aliphatic carbocycles. The Bertz CT molecular complexity index is 1180. The van der Waals surface area contributed by atoms with Crippen LogP contribution in [0.25, 0.3) is 38.9 Å². The van der Waals surface area contributed by atoms with E-state index in [4.69, 9.17) is 0 Å². The van der Waals surface area contributed by atoms with Crippen molar-refractivity contribution in [2.24, 2.45) is 7.05 Å². The van der Waals surface area contributed by atoms with Crippen LogP contribution in [0.2, 0.25) is 0 Å². The van der Waals surface area contributed by atoms with Crippen LogP contribution in [0.1, 0.15) is 0 Å². The Morgan fingerprint density at radius 1 is 0.958 bits per heavy atom. The predicted octanol–water partition coefficient (Wildman–Crippen LogP) is 2.67. The quantitative estimate of drug-likeness (QED) is 0.543. The van der Waals surface area contributed by atoms with E-state index in [9.17, 15) is 0 Å². The molecular weight excluding hydrogens is 302 g/mol. The third kappa shape index (κ3) is 1.91. The molecule has 0 spiro atoms. The zero-order chi connectivity index (χ0) is 16.1. The number of aromatic nitrogens is 7. The molecule has 1 N–H and O–H groups in total. The summed E-state index contributed by atoms with van der Waals surface area (Å²) in [5, 5.41) is 9.50. The first kappa shape index (κ1) is 13.0. The van der Waals surface area contributed by atoms with Gasteiger partial charge in [-0.1, -0.05) is 0 Å². The van der Waals surface area contributed by atoms with E-state index in [1.165, 1.54) is 0 Å². The maximum Gasteiger partial charge on any atom is 0.155 e. The minimum atomic E-state index is 0.827. The van der Waals surface area contributed by atoms with Crippen molar-refractivity contribution in [1.82, 2.24) is 34.3 Å². The maximum absolute atomic E-state index is 4.54. The molecule has 0 bridgehead atoms. The van der Waals surface area contributed by atoms with Gasteiger partial charge < -0.3 is 4.98 Å². The summed E-state index contributed by atoms with van der Waals surface area (Å²) >= 11 is 0. The highest BCUT2D eigenvalue weighted by atomic mass is 15.3. The average Bonchev–Trinajstić information content (AvgIpc) is 3.32. The molecule has 0 atom stereocenters. The lowest BCUT2D eigenvalue weighted by molar-refractivity contribution is 0.768. The standard InChI is InChI=1S/C17H13N7/c1-23-8-13(6-21-23)12-4-14-15(7-19-17(14)18-5-12)11-2-3-16-20-10-22-24(16)9-11/h2-10H,1H3,(H,18,19). The number of aromatic amines is 1. The highest BCUT2D eigenvalue weighted by molar-refractivity contribution is 5.95. The first-order valence-electron chi connectivity index (χ1n) is 7.54. The molecule has 5 rings (SSSR count). The number of H-pyrrole nitrogens is 1. The van der Waals surface area contributed by atoms with Crippen LogP contribution in [-0.4, -0.2) is 34.3 Å².